The number of aryl methyl sites for hydroxylation is 1. The second-order valence-corrected chi connectivity index (χ2v) is 2.95. The summed E-state index contributed by atoms with van der Waals surface area (Å²) in [7, 11) is 0. The van der Waals surface area contributed by atoms with Crippen molar-refractivity contribution < 1.29 is 0 Å². The van der Waals surface area contributed by atoms with E-state index in [4.69, 9.17) is 5.26 Å². The van der Waals surface area contributed by atoms with E-state index in [2.05, 4.69) is 16.3 Å². The van der Waals surface area contributed by atoms with E-state index in [1.807, 2.05) is 19.1 Å². The summed E-state index contributed by atoms with van der Waals surface area (Å²) in [5.74, 6) is 0. The van der Waals surface area contributed by atoms with Crippen molar-refractivity contribution in [3.8, 4) is 11.8 Å². The number of hydrogen-bond acceptors (Lipinski definition) is 3. The van der Waals surface area contributed by atoms with Gasteiger partial charge in [0.15, 0.2) is 0 Å². The van der Waals surface area contributed by atoms with Crippen molar-refractivity contribution in [3.05, 3.63) is 41.7 Å². The van der Waals surface area contributed by atoms with Crippen molar-refractivity contribution in [3.63, 3.8) is 0 Å². The van der Waals surface area contributed by atoms with E-state index in [0.29, 0.717) is 5.56 Å². The standard InChI is InChI=1S/C10H8N4/c1-8-2-3-9(7-11)10(6-8)14-12-4-5-13-14/h2-6H,1H3. The van der Waals surface area contributed by atoms with E-state index in [-0.39, 0.29) is 0 Å². The van der Waals surface area contributed by atoms with Crippen molar-refractivity contribution in [2.24, 2.45) is 0 Å². The van der Waals surface area contributed by atoms with E-state index in [1.54, 1.807) is 18.5 Å². The highest BCUT2D eigenvalue weighted by Gasteiger charge is 2.04. The molecule has 0 radical (unpaired) electrons. The Balaban J connectivity index is 2.63. The molecule has 0 saturated carbocycles. The average molecular weight is 184 g/mol. The third-order valence-corrected chi connectivity index (χ3v) is 1.91. The Bertz CT molecular complexity index is 479. The largest absolute Gasteiger partial charge is 0.192 e. The Morgan fingerprint density at radius 3 is 2.64 bits per heavy atom. The molecule has 0 unspecified atom stereocenters. The fourth-order valence-corrected chi connectivity index (χ4v) is 1.24. The summed E-state index contributed by atoms with van der Waals surface area (Å²) < 4.78 is 0. The zero-order valence-corrected chi connectivity index (χ0v) is 7.68. The lowest BCUT2D eigenvalue weighted by atomic mass is 10.1. The third-order valence-electron chi connectivity index (χ3n) is 1.91. The maximum atomic E-state index is 8.89. The van der Waals surface area contributed by atoms with Crippen molar-refractivity contribution >= 4 is 0 Å². The van der Waals surface area contributed by atoms with Gasteiger partial charge in [0.05, 0.1) is 18.0 Å². The Morgan fingerprint density at radius 2 is 2.00 bits per heavy atom. The molecule has 0 amide bonds. The van der Waals surface area contributed by atoms with Gasteiger partial charge in [-0.05, 0) is 24.6 Å². The zero-order chi connectivity index (χ0) is 9.97. The van der Waals surface area contributed by atoms with Gasteiger partial charge in [0, 0.05) is 0 Å². The van der Waals surface area contributed by atoms with Crippen molar-refractivity contribution in [1.29, 1.82) is 5.26 Å². The molecule has 0 aliphatic heterocycles. The molecule has 0 aliphatic rings. The van der Waals surface area contributed by atoms with Crippen LogP contribution in [0.5, 0.6) is 0 Å². The second kappa shape index (κ2) is 3.30. The predicted molar refractivity (Wildman–Crippen MR) is 50.8 cm³/mol. The molecule has 4 heteroatoms. The summed E-state index contributed by atoms with van der Waals surface area (Å²) in [6, 6.07) is 7.66. The van der Waals surface area contributed by atoms with Gasteiger partial charge in [-0.2, -0.15) is 20.3 Å². The Hall–Kier alpha value is -2.15. The highest BCUT2D eigenvalue weighted by Crippen LogP contribution is 2.13. The lowest BCUT2D eigenvalue weighted by Gasteiger charge is -2.02. The van der Waals surface area contributed by atoms with Gasteiger partial charge in [-0.3, -0.25) is 0 Å². The normalized spacial score (nSPS) is 9.71. The average Bonchev–Trinajstić information content (AvgIpc) is 2.70. The fourth-order valence-electron chi connectivity index (χ4n) is 1.24. The number of aromatic nitrogens is 3. The van der Waals surface area contributed by atoms with Gasteiger partial charge in [-0.25, -0.2) is 0 Å². The van der Waals surface area contributed by atoms with Crippen LogP contribution in [0.2, 0.25) is 0 Å². The van der Waals surface area contributed by atoms with Crippen LogP contribution in [0.25, 0.3) is 5.69 Å². The molecular formula is C10H8N4. The molecule has 0 spiro atoms. The van der Waals surface area contributed by atoms with Gasteiger partial charge < -0.3 is 0 Å². The minimum Gasteiger partial charge on any atom is -0.192 e. The highest BCUT2D eigenvalue weighted by molar-refractivity contribution is 5.49. The number of benzene rings is 1. The van der Waals surface area contributed by atoms with Crippen LogP contribution in [0, 0.1) is 18.3 Å². The molecule has 2 aromatic rings. The molecule has 0 fully saturated rings. The molecule has 4 nitrogen and oxygen atoms in total. The monoisotopic (exact) mass is 184 g/mol. The first-order valence-corrected chi connectivity index (χ1v) is 4.18. The molecule has 0 aliphatic carbocycles. The smallest absolute Gasteiger partial charge is 0.104 e. The Labute approximate surface area is 81.4 Å². The second-order valence-electron chi connectivity index (χ2n) is 2.95. The SMILES string of the molecule is Cc1ccc(C#N)c(-n2nccn2)c1. The van der Waals surface area contributed by atoms with E-state index >= 15 is 0 Å². The zero-order valence-electron chi connectivity index (χ0n) is 7.68. The van der Waals surface area contributed by atoms with Crippen LogP contribution in [0.15, 0.2) is 30.6 Å². The van der Waals surface area contributed by atoms with Gasteiger partial charge in [0.25, 0.3) is 0 Å². The van der Waals surface area contributed by atoms with Gasteiger partial charge in [-0.1, -0.05) is 6.07 Å². The molecule has 68 valence electrons. The molecular weight excluding hydrogens is 176 g/mol. The summed E-state index contributed by atoms with van der Waals surface area (Å²) >= 11 is 0. The summed E-state index contributed by atoms with van der Waals surface area (Å²) in [5.41, 5.74) is 2.38. The Kier molecular flexibility index (Phi) is 1.99. The summed E-state index contributed by atoms with van der Waals surface area (Å²) in [6.07, 6.45) is 3.17. The molecule has 0 N–H and O–H groups in total. The molecule has 1 aromatic heterocycles. The quantitative estimate of drug-likeness (QED) is 0.674. The topological polar surface area (TPSA) is 54.5 Å². The number of rotatable bonds is 1. The molecule has 0 atom stereocenters. The minimum atomic E-state index is 0.576. The lowest BCUT2D eigenvalue weighted by molar-refractivity contribution is 0.749. The van der Waals surface area contributed by atoms with Crippen molar-refractivity contribution in [1.82, 2.24) is 15.0 Å². The first-order chi connectivity index (χ1) is 6.81. The van der Waals surface area contributed by atoms with Crippen LogP contribution in [-0.2, 0) is 0 Å². The number of nitrogens with zero attached hydrogens (tertiary/aromatic N) is 4. The predicted octanol–water partition coefficient (Wildman–Crippen LogP) is 1.45. The molecule has 1 heterocycles. The van der Waals surface area contributed by atoms with Crippen LogP contribution in [-0.4, -0.2) is 15.0 Å². The van der Waals surface area contributed by atoms with E-state index in [9.17, 15) is 0 Å². The molecule has 1 aromatic carbocycles. The minimum absolute atomic E-state index is 0.576. The molecule has 0 saturated heterocycles. The first kappa shape index (κ1) is 8.45. The van der Waals surface area contributed by atoms with E-state index < -0.39 is 0 Å². The van der Waals surface area contributed by atoms with Crippen LogP contribution in [0.3, 0.4) is 0 Å². The maximum Gasteiger partial charge on any atom is 0.104 e. The third kappa shape index (κ3) is 1.36. The summed E-state index contributed by atoms with van der Waals surface area (Å²) in [5, 5.41) is 16.9. The van der Waals surface area contributed by atoms with Crippen molar-refractivity contribution in [2.45, 2.75) is 6.92 Å². The van der Waals surface area contributed by atoms with Gasteiger partial charge in [0.2, 0.25) is 0 Å². The van der Waals surface area contributed by atoms with Gasteiger partial charge >= 0.3 is 0 Å². The number of nitriles is 1. The first-order valence-electron chi connectivity index (χ1n) is 4.18. The van der Waals surface area contributed by atoms with Crippen LogP contribution < -0.4 is 0 Å². The van der Waals surface area contributed by atoms with Crippen LogP contribution in [0.4, 0.5) is 0 Å². The van der Waals surface area contributed by atoms with E-state index in [1.165, 1.54) is 4.80 Å². The fraction of sp³-hybridized carbons (Fsp3) is 0.100. The maximum absolute atomic E-state index is 8.89. The van der Waals surface area contributed by atoms with Crippen molar-refractivity contribution in [2.75, 3.05) is 0 Å². The summed E-state index contributed by atoms with van der Waals surface area (Å²) in [6.45, 7) is 1.97. The van der Waals surface area contributed by atoms with E-state index in [0.717, 1.165) is 11.3 Å². The highest BCUT2D eigenvalue weighted by atomic mass is 15.5. The number of hydrogen-bond donors (Lipinski definition) is 0. The van der Waals surface area contributed by atoms with Crippen LogP contribution >= 0.6 is 0 Å². The lowest BCUT2D eigenvalue weighted by Crippen LogP contribution is -2.01. The van der Waals surface area contributed by atoms with Gasteiger partial charge in [-0.15, -0.1) is 0 Å². The Morgan fingerprint density at radius 1 is 1.29 bits per heavy atom. The summed E-state index contributed by atoms with van der Waals surface area (Å²) in [4.78, 5) is 1.45. The molecule has 2 rings (SSSR count). The molecule has 0 bridgehead atoms. The molecule has 14 heavy (non-hydrogen) atoms. The van der Waals surface area contributed by atoms with Crippen LogP contribution in [0.1, 0.15) is 11.1 Å². The van der Waals surface area contributed by atoms with Gasteiger partial charge in [0.1, 0.15) is 11.8 Å².